The Bertz CT molecular complexity index is 1240. The number of sulfonamides is 1. The van der Waals surface area contributed by atoms with Gasteiger partial charge in [0.2, 0.25) is 12.7 Å². The third-order valence-electron chi connectivity index (χ3n) is 5.21. The molecule has 0 radical (unpaired) electrons. The molecule has 0 bridgehead atoms. The Kier molecular flexibility index (Phi) is 6.05. The average Bonchev–Trinajstić information content (AvgIpc) is 3.25. The molecule has 4 rings (SSSR count). The van der Waals surface area contributed by atoms with E-state index in [1.54, 1.807) is 48.5 Å². The number of para-hydroxylation sites is 1. The third-order valence-corrected chi connectivity index (χ3v) is 6.98. The highest BCUT2D eigenvalue weighted by atomic mass is 32.2. The number of carbonyl (C=O) groups excluding carboxylic acids is 1. The molecular weight excluding hydrogens is 428 g/mol. The number of aryl methyl sites for hydroxylation is 2. The third kappa shape index (κ3) is 4.55. The van der Waals surface area contributed by atoms with Crippen molar-refractivity contribution in [1.82, 2.24) is 5.32 Å². The number of benzene rings is 3. The van der Waals surface area contributed by atoms with E-state index < -0.39 is 15.9 Å². The second-order valence-electron chi connectivity index (χ2n) is 7.58. The van der Waals surface area contributed by atoms with E-state index >= 15 is 0 Å². The molecule has 1 aliphatic rings. The molecule has 1 heterocycles. The SMILES string of the molecule is Cc1ccc(S(=O)(=O)N(CC(=O)NCc2ccc3c(c2)OCO3)c2ccccc2C)cc1. The van der Waals surface area contributed by atoms with Crippen molar-refractivity contribution in [2.45, 2.75) is 25.3 Å². The van der Waals surface area contributed by atoms with E-state index in [1.165, 1.54) is 0 Å². The number of amides is 1. The van der Waals surface area contributed by atoms with Crippen LogP contribution in [0.2, 0.25) is 0 Å². The Morgan fingerprint density at radius 1 is 0.969 bits per heavy atom. The molecule has 0 unspecified atom stereocenters. The van der Waals surface area contributed by atoms with E-state index in [0.717, 1.165) is 21.0 Å². The Balaban J connectivity index is 1.56. The summed E-state index contributed by atoms with van der Waals surface area (Å²) in [6.07, 6.45) is 0. The van der Waals surface area contributed by atoms with Crippen LogP contribution in [0.25, 0.3) is 0 Å². The van der Waals surface area contributed by atoms with E-state index in [2.05, 4.69) is 5.32 Å². The lowest BCUT2D eigenvalue weighted by Crippen LogP contribution is -2.41. The number of nitrogens with one attached hydrogen (secondary N) is 1. The van der Waals surface area contributed by atoms with Gasteiger partial charge in [0, 0.05) is 6.54 Å². The number of ether oxygens (including phenoxy) is 2. The molecule has 3 aromatic rings. The average molecular weight is 453 g/mol. The zero-order valence-electron chi connectivity index (χ0n) is 17.9. The minimum atomic E-state index is -3.94. The lowest BCUT2D eigenvalue weighted by Gasteiger charge is -2.25. The van der Waals surface area contributed by atoms with E-state index in [4.69, 9.17) is 9.47 Å². The molecule has 0 saturated heterocycles. The topological polar surface area (TPSA) is 84.9 Å². The first-order valence-electron chi connectivity index (χ1n) is 10.1. The molecule has 1 aliphatic heterocycles. The molecule has 1 amide bonds. The van der Waals surface area contributed by atoms with Gasteiger partial charge in [-0.15, -0.1) is 0 Å². The molecule has 0 atom stereocenters. The van der Waals surface area contributed by atoms with Gasteiger partial charge in [-0.2, -0.15) is 0 Å². The normalized spacial score (nSPS) is 12.4. The molecule has 32 heavy (non-hydrogen) atoms. The smallest absolute Gasteiger partial charge is 0.264 e. The Labute approximate surface area is 187 Å². The van der Waals surface area contributed by atoms with Gasteiger partial charge in [0.25, 0.3) is 10.0 Å². The molecular formula is C24H24N2O5S. The fourth-order valence-corrected chi connectivity index (χ4v) is 4.90. The van der Waals surface area contributed by atoms with Crippen molar-refractivity contribution in [3.63, 3.8) is 0 Å². The highest BCUT2D eigenvalue weighted by Gasteiger charge is 2.28. The van der Waals surface area contributed by atoms with Crippen LogP contribution in [0.15, 0.2) is 71.6 Å². The van der Waals surface area contributed by atoms with Gasteiger partial charge in [0.1, 0.15) is 6.54 Å². The Hall–Kier alpha value is -3.52. The molecule has 7 nitrogen and oxygen atoms in total. The van der Waals surface area contributed by atoms with E-state index in [0.29, 0.717) is 17.2 Å². The van der Waals surface area contributed by atoms with E-state index in [-0.39, 0.29) is 24.8 Å². The molecule has 0 fully saturated rings. The standard InChI is InChI=1S/C24H24N2O5S/c1-17-7-10-20(11-8-17)32(28,29)26(21-6-4-3-5-18(21)2)15-24(27)25-14-19-9-12-22-23(13-19)31-16-30-22/h3-13H,14-16H2,1-2H3,(H,25,27). The molecule has 166 valence electrons. The minimum Gasteiger partial charge on any atom is -0.454 e. The highest BCUT2D eigenvalue weighted by molar-refractivity contribution is 7.92. The minimum absolute atomic E-state index is 0.134. The Morgan fingerprint density at radius 3 is 2.44 bits per heavy atom. The lowest BCUT2D eigenvalue weighted by atomic mass is 10.2. The van der Waals surface area contributed by atoms with Crippen molar-refractivity contribution in [3.05, 3.63) is 83.4 Å². The summed E-state index contributed by atoms with van der Waals surface area (Å²) in [5.74, 6) is 0.872. The zero-order chi connectivity index (χ0) is 22.7. The number of nitrogens with zero attached hydrogens (tertiary/aromatic N) is 1. The van der Waals surface area contributed by atoms with Crippen LogP contribution in [0.3, 0.4) is 0 Å². The molecule has 0 saturated carbocycles. The maximum absolute atomic E-state index is 13.4. The van der Waals surface area contributed by atoms with Crippen LogP contribution in [0.1, 0.15) is 16.7 Å². The summed E-state index contributed by atoms with van der Waals surface area (Å²) in [6, 6.07) is 19.1. The number of hydrogen-bond donors (Lipinski definition) is 1. The van der Waals surface area contributed by atoms with Crippen molar-refractivity contribution in [3.8, 4) is 11.5 Å². The lowest BCUT2D eigenvalue weighted by molar-refractivity contribution is -0.119. The van der Waals surface area contributed by atoms with Gasteiger partial charge in [-0.05, 0) is 55.3 Å². The molecule has 3 aromatic carbocycles. The molecule has 0 spiro atoms. The maximum atomic E-state index is 13.4. The fraction of sp³-hybridized carbons (Fsp3) is 0.208. The number of rotatable bonds is 7. The first kappa shape index (κ1) is 21.7. The zero-order valence-corrected chi connectivity index (χ0v) is 18.7. The van der Waals surface area contributed by atoms with Crippen LogP contribution in [-0.4, -0.2) is 27.7 Å². The van der Waals surface area contributed by atoms with Gasteiger partial charge in [-0.3, -0.25) is 9.10 Å². The summed E-state index contributed by atoms with van der Waals surface area (Å²) in [5, 5.41) is 2.80. The largest absolute Gasteiger partial charge is 0.454 e. The van der Waals surface area contributed by atoms with Crippen LogP contribution in [0.4, 0.5) is 5.69 Å². The van der Waals surface area contributed by atoms with Crippen LogP contribution in [0, 0.1) is 13.8 Å². The van der Waals surface area contributed by atoms with Crippen molar-refractivity contribution < 1.29 is 22.7 Å². The van der Waals surface area contributed by atoms with Crippen LogP contribution < -0.4 is 19.1 Å². The van der Waals surface area contributed by atoms with E-state index in [9.17, 15) is 13.2 Å². The van der Waals surface area contributed by atoms with Crippen molar-refractivity contribution in [1.29, 1.82) is 0 Å². The van der Waals surface area contributed by atoms with Gasteiger partial charge in [-0.1, -0.05) is 42.0 Å². The van der Waals surface area contributed by atoms with Gasteiger partial charge < -0.3 is 14.8 Å². The van der Waals surface area contributed by atoms with E-state index in [1.807, 2.05) is 32.0 Å². The molecule has 0 aliphatic carbocycles. The number of anilines is 1. The Morgan fingerprint density at radius 2 is 1.69 bits per heavy atom. The van der Waals surface area contributed by atoms with Crippen molar-refractivity contribution >= 4 is 21.6 Å². The summed E-state index contributed by atoms with van der Waals surface area (Å²) in [7, 11) is -3.94. The maximum Gasteiger partial charge on any atom is 0.264 e. The van der Waals surface area contributed by atoms with Crippen LogP contribution in [-0.2, 0) is 21.4 Å². The molecule has 0 aromatic heterocycles. The van der Waals surface area contributed by atoms with Gasteiger partial charge in [0.05, 0.1) is 10.6 Å². The van der Waals surface area contributed by atoms with Crippen LogP contribution in [0.5, 0.6) is 11.5 Å². The molecule has 1 N–H and O–H groups in total. The van der Waals surface area contributed by atoms with Crippen LogP contribution >= 0.6 is 0 Å². The van der Waals surface area contributed by atoms with Gasteiger partial charge >= 0.3 is 0 Å². The second-order valence-corrected chi connectivity index (χ2v) is 9.44. The van der Waals surface area contributed by atoms with Crippen molar-refractivity contribution in [2.75, 3.05) is 17.6 Å². The summed E-state index contributed by atoms with van der Waals surface area (Å²) < 4.78 is 38.7. The van der Waals surface area contributed by atoms with Gasteiger partial charge in [0.15, 0.2) is 11.5 Å². The summed E-state index contributed by atoms with van der Waals surface area (Å²) in [6.45, 7) is 3.78. The first-order valence-corrected chi connectivity index (χ1v) is 11.6. The monoisotopic (exact) mass is 452 g/mol. The van der Waals surface area contributed by atoms with Crippen molar-refractivity contribution in [2.24, 2.45) is 0 Å². The second kappa shape index (κ2) is 8.92. The summed E-state index contributed by atoms with van der Waals surface area (Å²) >= 11 is 0. The number of hydrogen-bond acceptors (Lipinski definition) is 5. The number of carbonyl (C=O) groups is 1. The predicted molar refractivity (Wildman–Crippen MR) is 121 cm³/mol. The molecule has 8 heteroatoms. The summed E-state index contributed by atoms with van der Waals surface area (Å²) in [5.41, 5.74) is 3.00. The number of fused-ring (bicyclic) bond motifs is 1. The fourth-order valence-electron chi connectivity index (χ4n) is 3.42. The highest BCUT2D eigenvalue weighted by Crippen LogP contribution is 2.32. The van der Waals surface area contributed by atoms with Gasteiger partial charge in [-0.25, -0.2) is 8.42 Å². The summed E-state index contributed by atoms with van der Waals surface area (Å²) in [4.78, 5) is 12.9. The predicted octanol–water partition coefficient (Wildman–Crippen LogP) is 3.54. The quantitative estimate of drug-likeness (QED) is 0.593. The first-order chi connectivity index (χ1) is 15.3.